The van der Waals surface area contributed by atoms with E-state index in [0.717, 1.165) is 30.8 Å². The standard InChI is InChI=1S/C15H19NO3/c1-11(17)8-15(18)16(2)10-12-5-6-14-13(9-12)4-3-7-19-14/h5-6,9H,3-4,7-8,10H2,1-2H3. The fraction of sp³-hybridized carbons (Fsp3) is 0.467. The van der Waals surface area contributed by atoms with Gasteiger partial charge in [-0.3, -0.25) is 9.59 Å². The van der Waals surface area contributed by atoms with Crippen LogP contribution in [0.5, 0.6) is 5.75 Å². The normalized spacial score (nSPS) is 13.4. The van der Waals surface area contributed by atoms with Crippen LogP contribution >= 0.6 is 0 Å². The first-order valence-corrected chi connectivity index (χ1v) is 6.54. The van der Waals surface area contributed by atoms with Crippen LogP contribution in [0.15, 0.2) is 18.2 Å². The molecule has 0 spiro atoms. The third-order valence-corrected chi connectivity index (χ3v) is 3.22. The molecular formula is C15H19NO3. The number of benzene rings is 1. The molecule has 1 amide bonds. The second kappa shape index (κ2) is 5.87. The number of hydrogen-bond donors (Lipinski definition) is 0. The number of amides is 1. The lowest BCUT2D eigenvalue weighted by Crippen LogP contribution is -2.27. The summed E-state index contributed by atoms with van der Waals surface area (Å²) in [7, 11) is 1.72. The minimum absolute atomic E-state index is 0.0233. The first-order chi connectivity index (χ1) is 9.06. The van der Waals surface area contributed by atoms with Gasteiger partial charge in [-0.1, -0.05) is 12.1 Å². The molecule has 0 saturated heterocycles. The average Bonchev–Trinajstić information content (AvgIpc) is 2.37. The summed E-state index contributed by atoms with van der Waals surface area (Å²) >= 11 is 0. The number of aryl methyl sites for hydroxylation is 1. The minimum Gasteiger partial charge on any atom is -0.493 e. The summed E-state index contributed by atoms with van der Waals surface area (Å²) in [6.07, 6.45) is 2.04. The van der Waals surface area contributed by atoms with Crippen molar-refractivity contribution < 1.29 is 14.3 Å². The van der Waals surface area contributed by atoms with E-state index in [1.165, 1.54) is 12.5 Å². The highest BCUT2D eigenvalue weighted by molar-refractivity contribution is 5.96. The maximum absolute atomic E-state index is 11.7. The van der Waals surface area contributed by atoms with E-state index in [1.54, 1.807) is 11.9 Å². The molecule has 1 heterocycles. The number of nitrogens with zero attached hydrogens (tertiary/aromatic N) is 1. The van der Waals surface area contributed by atoms with Crippen molar-refractivity contribution in [2.24, 2.45) is 0 Å². The number of ketones is 1. The molecule has 19 heavy (non-hydrogen) atoms. The van der Waals surface area contributed by atoms with Crippen LogP contribution in [0.4, 0.5) is 0 Å². The van der Waals surface area contributed by atoms with Crippen LogP contribution in [-0.4, -0.2) is 30.2 Å². The van der Waals surface area contributed by atoms with Crippen molar-refractivity contribution in [3.8, 4) is 5.75 Å². The Labute approximate surface area is 113 Å². The zero-order chi connectivity index (χ0) is 13.8. The number of hydrogen-bond acceptors (Lipinski definition) is 3. The van der Waals surface area contributed by atoms with Gasteiger partial charge in [0.05, 0.1) is 13.0 Å². The van der Waals surface area contributed by atoms with Crippen LogP contribution in [0.2, 0.25) is 0 Å². The van der Waals surface area contributed by atoms with E-state index in [9.17, 15) is 9.59 Å². The zero-order valence-corrected chi connectivity index (χ0v) is 11.4. The van der Waals surface area contributed by atoms with Crippen molar-refractivity contribution in [1.29, 1.82) is 0 Å². The third-order valence-electron chi connectivity index (χ3n) is 3.22. The molecule has 0 radical (unpaired) electrons. The van der Waals surface area contributed by atoms with Gasteiger partial charge in [0.1, 0.15) is 11.5 Å². The number of fused-ring (bicyclic) bond motifs is 1. The van der Waals surface area contributed by atoms with Crippen molar-refractivity contribution in [2.75, 3.05) is 13.7 Å². The Kier molecular flexibility index (Phi) is 4.20. The summed E-state index contributed by atoms with van der Waals surface area (Å²) in [6, 6.07) is 6.03. The lowest BCUT2D eigenvalue weighted by atomic mass is 10.0. The Bertz CT molecular complexity index is 496. The molecule has 1 aliphatic rings. The van der Waals surface area contributed by atoms with Gasteiger partial charge in [0, 0.05) is 13.6 Å². The zero-order valence-electron chi connectivity index (χ0n) is 11.4. The Hall–Kier alpha value is -1.84. The molecule has 0 saturated carbocycles. The smallest absolute Gasteiger partial charge is 0.230 e. The number of carbonyl (C=O) groups excluding carboxylic acids is 2. The molecule has 2 rings (SSSR count). The average molecular weight is 261 g/mol. The van der Waals surface area contributed by atoms with Gasteiger partial charge in [-0.05, 0) is 37.0 Å². The topological polar surface area (TPSA) is 46.6 Å². The molecule has 0 aliphatic carbocycles. The van der Waals surface area contributed by atoms with Crippen LogP contribution in [0.25, 0.3) is 0 Å². The summed E-state index contributed by atoms with van der Waals surface area (Å²) < 4.78 is 5.56. The first-order valence-electron chi connectivity index (χ1n) is 6.54. The second-order valence-electron chi connectivity index (χ2n) is 5.02. The largest absolute Gasteiger partial charge is 0.493 e. The molecule has 0 bridgehead atoms. The summed E-state index contributed by atoms with van der Waals surface area (Å²) in [4.78, 5) is 24.3. The van der Waals surface area contributed by atoms with Gasteiger partial charge >= 0.3 is 0 Å². The maximum Gasteiger partial charge on any atom is 0.230 e. The summed E-state index contributed by atoms with van der Waals surface area (Å²) in [5.74, 6) is 0.713. The van der Waals surface area contributed by atoms with E-state index in [-0.39, 0.29) is 18.1 Å². The van der Waals surface area contributed by atoms with Crippen molar-refractivity contribution in [1.82, 2.24) is 4.90 Å². The first kappa shape index (κ1) is 13.6. The molecule has 1 aromatic carbocycles. The number of carbonyl (C=O) groups is 2. The molecule has 0 unspecified atom stereocenters. The third kappa shape index (κ3) is 3.56. The lowest BCUT2D eigenvalue weighted by molar-refractivity contribution is -0.134. The highest BCUT2D eigenvalue weighted by Gasteiger charge is 2.14. The molecule has 0 fully saturated rings. The van der Waals surface area contributed by atoms with Gasteiger partial charge in [-0.25, -0.2) is 0 Å². The Morgan fingerprint density at radius 2 is 2.16 bits per heavy atom. The molecule has 1 aromatic rings. The fourth-order valence-corrected chi connectivity index (χ4v) is 2.22. The van der Waals surface area contributed by atoms with Gasteiger partial charge in [-0.2, -0.15) is 0 Å². The van der Waals surface area contributed by atoms with Gasteiger partial charge < -0.3 is 9.64 Å². The minimum atomic E-state index is -0.138. The maximum atomic E-state index is 11.7. The Morgan fingerprint density at radius 3 is 2.89 bits per heavy atom. The summed E-state index contributed by atoms with van der Waals surface area (Å²) in [5.41, 5.74) is 2.28. The van der Waals surface area contributed by atoms with Crippen LogP contribution in [-0.2, 0) is 22.6 Å². The molecule has 0 N–H and O–H groups in total. The number of Topliss-reactive ketones (excluding diaryl/α,β-unsaturated/α-hetero) is 1. The van der Waals surface area contributed by atoms with Crippen LogP contribution in [0.3, 0.4) is 0 Å². The quantitative estimate of drug-likeness (QED) is 0.778. The van der Waals surface area contributed by atoms with Crippen LogP contribution in [0.1, 0.15) is 30.9 Å². The van der Waals surface area contributed by atoms with Crippen LogP contribution in [0, 0.1) is 0 Å². The van der Waals surface area contributed by atoms with Crippen molar-refractivity contribution in [3.63, 3.8) is 0 Å². The fourth-order valence-electron chi connectivity index (χ4n) is 2.22. The Morgan fingerprint density at radius 1 is 1.37 bits per heavy atom. The van der Waals surface area contributed by atoms with E-state index in [4.69, 9.17) is 4.74 Å². The summed E-state index contributed by atoms with van der Waals surface area (Å²) in [5, 5.41) is 0. The highest BCUT2D eigenvalue weighted by atomic mass is 16.5. The molecule has 4 heteroatoms. The number of ether oxygens (including phenoxy) is 1. The van der Waals surface area contributed by atoms with Crippen LogP contribution < -0.4 is 4.74 Å². The number of rotatable bonds is 4. The van der Waals surface area contributed by atoms with E-state index in [0.29, 0.717) is 6.54 Å². The van der Waals surface area contributed by atoms with Gasteiger partial charge in [-0.15, -0.1) is 0 Å². The lowest BCUT2D eigenvalue weighted by Gasteiger charge is -2.20. The molecule has 0 atom stereocenters. The van der Waals surface area contributed by atoms with Gasteiger partial charge in [0.2, 0.25) is 5.91 Å². The van der Waals surface area contributed by atoms with E-state index in [2.05, 4.69) is 6.07 Å². The van der Waals surface area contributed by atoms with Crippen molar-refractivity contribution in [3.05, 3.63) is 29.3 Å². The highest BCUT2D eigenvalue weighted by Crippen LogP contribution is 2.25. The predicted molar refractivity (Wildman–Crippen MR) is 72.0 cm³/mol. The molecule has 4 nitrogen and oxygen atoms in total. The molecule has 0 aromatic heterocycles. The monoisotopic (exact) mass is 261 g/mol. The summed E-state index contributed by atoms with van der Waals surface area (Å²) in [6.45, 7) is 2.74. The van der Waals surface area contributed by atoms with Crippen molar-refractivity contribution >= 4 is 11.7 Å². The molecule has 1 aliphatic heterocycles. The van der Waals surface area contributed by atoms with Crippen molar-refractivity contribution in [2.45, 2.75) is 32.7 Å². The molecule has 102 valence electrons. The SMILES string of the molecule is CC(=O)CC(=O)N(C)Cc1ccc2c(c1)CCCO2. The van der Waals surface area contributed by atoms with E-state index >= 15 is 0 Å². The van der Waals surface area contributed by atoms with E-state index < -0.39 is 0 Å². The predicted octanol–water partition coefficient (Wildman–Crippen LogP) is 1.95. The molecular weight excluding hydrogens is 242 g/mol. The van der Waals surface area contributed by atoms with Gasteiger partial charge in [0.25, 0.3) is 0 Å². The van der Waals surface area contributed by atoms with E-state index in [1.807, 2.05) is 12.1 Å². The second-order valence-corrected chi connectivity index (χ2v) is 5.02. The van der Waals surface area contributed by atoms with Gasteiger partial charge in [0.15, 0.2) is 0 Å². The Balaban J connectivity index is 2.02.